The van der Waals surface area contributed by atoms with Crippen molar-refractivity contribution < 1.29 is 22.5 Å². The molecular weight excluding hydrogens is 258 g/mol. The van der Waals surface area contributed by atoms with Crippen molar-refractivity contribution in [1.29, 1.82) is 0 Å². The fourth-order valence-corrected chi connectivity index (χ4v) is 1.81. The summed E-state index contributed by atoms with van der Waals surface area (Å²) in [4.78, 5) is 3.41. The maximum absolute atomic E-state index is 12.9. The molecule has 0 spiro atoms. The first-order valence-electron chi connectivity index (χ1n) is 5.92. The van der Waals surface area contributed by atoms with Crippen LogP contribution in [0.2, 0.25) is 0 Å². The molecule has 2 heterocycles. The summed E-state index contributed by atoms with van der Waals surface area (Å²) in [5, 5.41) is 0. The van der Waals surface area contributed by atoms with Gasteiger partial charge in [0.05, 0.1) is 11.2 Å². The number of halogens is 3. The SMILES string of the molecule is CC1(C)OB(c2cccnc2C(F)(F)F)OC1(C)C. The molecule has 104 valence electrons. The van der Waals surface area contributed by atoms with E-state index >= 15 is 0 Å². The van der Waals surface area contributed by atoms with Crippen molar-refractivity contribution in [3.05, 3.63) is 24.0 Å². The van der Waals surface area contributed by atoms with Crippen molar-refractivity contribution in [2.75, 3.05) is 0 Å². The van der Waals surface area contributed by atoms with Gasteiger partial charge in [0, 0.05) is 11.7 Å². The topological polar surface area (TPSA) is 31.4 Å². The van der Waals surface area contributed by atoms with Gasteiger partial charge >= 0.3 is 13.3 Å². The molecule has 0 radical (unpaired) electrons. The number of nitrogens with zero attached hydrogens (tertiary/aromatic N) is 1. The Kier molecular flexibility index (Phi) is 3.18. The number of alkyl halides is 3. The van der Waals surface area contributed by atoms with Crippen molar-refractivity contribution in [3.63, 3.8) is 0 Å². The molecule has 0 bridgehead atoms. The third-order valence-corrected chi connectivity index (χ3v) is 3.61. The summed E-state index contributed by atoms with van der Waals surface area (Å²) in [6.07, 6.45) is -3.42. The van der Waals surface area contributed by atoms with Gasteiger partial charge in [0.15, 0.2) is 0 Å². The molecule has 7 heteroatoms. The van der Waals surface area contributed by atoms with Crippen LogP contribution in [0.25, 0.3) is 0 Å². The Morgan fingerprint density at radius 1 is 1.11 bits per heavy atom. The first-order valence-corrected chi connectivity index (χ1v) is 5.92. The second-order valence-corrected chi connectivity index (χ2v) is 5.53. The molecule has 0 unspecified atom stereocenters. The zero-order valence-corrected chi connectivity index (χ0v) is 11.2. The Bertz CT molecular complexity index is 472. The highest BCUT2D eigenvalue weighted by Gasteiger charge is 2.54. The molecular formula is C12H15BF3NO2. The van der Waals surface area contributed by atoms with Crippen LogP contribution < -0.4 is 5.46 Å². The molecule has 19 heavy (non-hydrogen) atoms. The van der Waals surface area contributed by atoms with Gasteiger partial charge in [-0.3, -0.25) is 4.98 Å². The maximum atomic E-state index is 12.9. The van der Waals surface area contributed by atoms with Crippen LogP contribution in [0.3, 0.4) is 0 Å². The van der Waals surface area contributed by atoms with Crippen molar-refractivity contribution in [2.24, 2.45) is 0 Å². The van der Waals surface area contributed by atoms with Gasteiger partial charge in [-0.1, -0.05) is 6.07 Å². The highest BCUT2D eigenvalue weighted by atomic mass is 19.4. The number of aromatic nitrogens is 1. The van der Waals surface area contributed by atoms with Gasteiger partial charge in [-0.15, -0.1) is 0 Å². The van der Waals surface area contributed by atoms with Crippen LogP contribution in [0.15, 0.2) is 18.3 Å². The number of hydrogen-bond donors (Lipinski definition) is 0. The first-order chi connectivity index (χ1) is 8.55. The van der Waals surface area contributed by atoms with E-state index in [0.29, 0.717) is 0 Å². The zero-order valence-electron chi connectivity index (χ0n) is 11.2. The van der Waals surface area contributed by atoms with E-state index in [9.17, 15) is 13.2 Å². The van der Waals surface area contributed by atoms with Crippen LogP contribution in [-0.2, 0) is 15.5 Å². The van der Waals surface area contributed by atoms with Crippen molar-refractivity contribution in [2.45, 2.75) is 45.1 Å². The lowest BCUT2D eigenvalue weighted by molar-refractivity contribution is -0.140. The molecule has 0 saturated carbocycles. The maximum Gasteiger partial charge on any atom is 0.497 e. The van der Waals surface area contributed by atoms with Crippen LogP contribution >= 0.6 is 0 Å². The van der Waals surface area contributed by atoms with Crippen LogP contribution in [-0.4, -0.2) is 23.3 Å². The lowest BCUT2D eigenvalue weighted by Gasteiger charge is -2.32. The minimum absolute atomic E-state index is 0.0892. The largest absolute Gasteiger partial charge is 0.497 e. The van der Waals surface area contributed by atoms with Gasteiger partial charge in [0.1, 0.15) is 5.69 Å². The van der Waals surface area contributed by atoms with Crippen molar-refractivity contribution >= 4 is 12.6 Å². The van der Waals surface area contributed by atoms with Gasteiger partial charge in [0.2, 0.25) is 0 Å². The Morgan fingerprint density at radius 2 is 1.63 bits per heavy atom. The van der Waals surface area contributed by atoms with Gasteiger partial charge in [-0.05, 0) is 33.8 Å². The summed E-state index contributed by atoms with van der Waals surface area (Å²) < 4.78 is 50.0. The van der Waals surface area contributed by atoms with Crippen molar-refractivity contribution in [3.8, 4) is 0 Å². The molecule has 0 aromatic carbocycles. The minimum Gasteiger partial charge on any atom is -0.399 e. The average Bonchev–Trinajstić information content (AvgIpc) is 2.47. The Labute approximate surface area is 110 Å². The van der Waals surface area contributed by atoms with E-state index in [1.165, 1.54) is 12.1 Å². The Balaban J connectivity index is 2.41. The summed E-state index contributed by atoms with van der Waals surface area (Å²) in [6, 6.07) is 2.77. The quantitative estimate of drug-likeness (QED) is 0.736. The van der Waals surface area contributed by atoms with Crippen LogP contribution in [0.1, 0.15) is 33.4 Å². The number of pyridine rings is 1. The molecule has 0 amide bonds. The van der Waals surface area contributed by atoms with Gasteiger partial charge < -0.3 is 9.31 Å². The van der Waals surface area contributed by atoms with E-state index < -0.39 is 30.2 Å². The minimum atomic E-state index is -4.53. The highest BCUT2D eigenvalue weighted by Crippen LogP contribution is 2.37. The van der Waals surface area contributed by atoms with E-state index in [1.807, 2.05) is 0 Å². The van der Waals surface area contributed by atoms with Gasteiger partial charge in [-0.25, -0.2) is 0 Å². The predicted octanol–water partition coefficient (Wildman–Crippen LogP) is 2.40. The smallest absolute Gasteiger partial charge is 0.399 e. The second-order valence-electron chi connectivity index (χ2n) is 5.53. The van der Waals surface area contributed by atoms with E-state index in [0.717, 1.165) is 6.20 Å². The summed E-state index contributed by atoms with van der Waals surface area (Å²) in [7, 11) is -1.06. The van der Waals surface area contributed by atoms with Crippen LogP contribution in [0.4, 0.5) is 13.2 Å². The molecule has 1 aliphatic rings. The fraction of sp³-hybridized carbons (Fsp3) is 0.583. The van der Waals surface area contributed by atoms with Crippen LogP contribution in [0.5, 0.6) is 0 Å². The Hall–Kier alpha value is -1.08. The van der Waals surface area contributed by atoms with Gasteiger partial charge in [-0.2, -0.15) is 13.2 Å². The molecule has 0 atom stereocenters. The molecule has 0 aliphatic carbocycles. The van der Waals surface area contributed by atoms with E-state index in [1.54, 1.807) is 27.7 Å². The Morgan fingerprint density at radius 3 is 2.11 bits per heavy atom. The number of rotatable bonds is 1. The zero-order chi connectivity index (χ0) is 14.5. The van der Waals surface area contributed by atoms with Crippen molar-refractivity contribution in [1.82, 2.24) is 4.98 Å². The van der Waals surface area contributed by atoms with E-state index in [4.69, 9.17) is 9.31 Å². The predicted molar refractivity (Wildman–Crippen MR) is 65.0 cm³/mol. The molecule has 1 aromatic heterocycles. The van der Waals surface area contributed by atoms with Gasteiger partial charge in [0.25, 0.3) is 0 Å². The number of hydrogen-bond acceptors (Lipinski definition) is 3. The summed E-state index contributed by atoms with van der Waals surface area (Å²) in [6.45, 7) is 7.15. The lowest BCUT2D eigenvalue weighted by atomic mass is 9.77. The summed E-state index contributed by atoms with van der Waals surface area (Å²) in [5.41, 5.74) is -2.42. The normalized spacial score (nSPS) is 21.7. The third-order valence-electron chi connectivity index (χ3n) is 3.61. The molecule has 2 rings (SSSR count). The lowest BCUT2D eigenvalue weighted by Crippen LogP contribution is -2.41. The molecule has 1 fully saturated rings. The van der Waals surface area contributed by atoms with E-state index in [-0.39, 0.29) is 5.46 Å². The van der Waals surface area contributed by atoms with Crippen LogP contribution in [0, 0.1) is 0 Å². The molecule has 3 nitrogen and oxygen atoms in total. The average molecular weight is 273 g/mol. The molecule has 1 aromatic rings. The third kappa shape index (κ3) is 2.49. The fourth-order valence-electron chi connectivity index (χ4n) is 1.81. The molecule has 1 aliphatic heterocycles. The monoisotopic (exact) mass is 273 g/mol. The first kappa shape index (κ1) is 14.3. The summed E-state index contributed by atoms with van der Waals surface area (Å²) in [5.74, 6) is 0. The van der Waals surface area contributed by atoms with E-state index in [2.05, 4.69) is 4.98 Å². The standard InChI is InChI=1S/C12H15BF3NO2/c1-10(2)11(3,4)19-13(18-10)8-6-5-7-17-9(8)12(14,15)16/h5-7H,1-4H3. The second kappa shape index (κ2) is 4.21. The molecule has 1 saturated heterocycles. The highest BCUT2D eigenvalue weighted by molar-refractivity contribution is 6.62. The summed E-state index contributed by atoms with van der Waals surface area (Å²) >= 11 is 0. The molecule has 0 N–H and O–H groups in total.